The van der Waals surface area contributed by atoms with Gasteiger partial charge in [-0.1, -0.05) is 65.8 Å². The molecule has 15 nitrogen and oxygen atoms in total. The Morgan fingerprint density at radius 2 is 1.75 bits per heavy atom. The van der Waals surface area contributed by atoms with Gasteiger partial charge in [-0.25, -0.2) is 9.78 Å². The van der Waals surface area contributed by atoms with Crippen molar-refractivity contribution in [2.45, 2.75) is 41.5 Å². The molecule has 10 N–H and O–H groups in total. The molecule has 2 atom stereocenters. The van der Waals surface area contributed by atoms with E-state index in [-0.39, 0.29) is 32.0 Å². The van der Waals surface area contributed by atoms with Crippen LogP contribution in [-0.4, -0.2) is 109 Å². The summed E-state index contributed by atoms with van der Waals surface area (Å²) in [7, 11) is 1.49. The molecule has 310 valence electrons. The minimum absolute atomic E-state index is 0.00209. The molecule has 3 heterocycles. The van der Waals surface area contributed by atoms with Crippen LogP contribution in [0.5, 0.6) is 0 Å². The highest BCUT2D eigenvalue weighted by Crippen LogP contribution is 2.41. The van der Waals surface area contributed by atoms with Crippen molar-refractivity contribution in [3.05, 3.63) is 112 Å². The average Bonchev–Trinajstić information content (AvgIpc) is 3.67. The first-order valence-corrected chi connectivity index (χ1v) is 20.4. The average molecular weight is 841 g/mol. The molecule has 1 fully saturated rings. The number of fused-ring (bicyclic) bond motifs is 1. The second-order valence-electron chi connectivity index (χ2n) is 14.0. The van der Waals surface area contributed by atoms with E-state index in [9.17, 15) is 19.2 Å². The molecule has 0 aliphatic carbocycles. The molecule has 0 radical (unpaired) electrons. The second kappa shape index (κ2) is 20.5. The number of carbonyl (C=O) groups is 4. The Labute approximate surface area is 351 Å². The number of likely N-dealkylation sites (N-methyl/N-ethyl adjacent to an activating group) is 1. The Bertz CT molecular complexity index is 2270. The van der Waals surface area contributed by atoms with Crippen LogP contribution in [0.15, 0.2) is 95.1 Å². The number of H-pyrrole nitrogens is 1. The van der Waals surface area contributed by atoms with Crippen molar-refractivity contribution >= 4 is 58.0 Å². The fourth-order valence-electron chi connectivity index (χ4n) is 6.98. The Balaban J connectivity index is 1.31. The molecule has 2 aromatic heterocycles. The lowest BCUT2D eigenvalue weighted by molar-refractivity contribution is -0.140. The van der Waals surface area contributed by atoms with Crippen molar-refractivity contribution in [3.8, 4) is 11.1 Å². The minimum atomic E-state index is -1.15. The summed E-state index contributed by atoms with van der Waals surface area (Å²) in [5.74, 6) is -1.23. The van der Waals surface area contributed by atoms with E-state index in [1.54, 1.807) is 24.4 Å². The minimum Gasteiger partial charge on any atom is -0.379 e. The van der Waals surface area contributed by atoms with Gasteiger partial charge in [0, 0.05) is 93.0 Å². The van der Waals surface area contributed by atoms with Gasteiger partial charge in [-0.2, -0.15) is 0 Å². The second-order valence-corrected chi connectivity index (χ2v) is 15.4. The van der Waals surface area contributed by atoms with Crippen LogP contribution in [0.3, 0.4) is 0 Å². The van der Waals surface area contributed by atoms with Crippen LogP contribution in [0.2, 0.25) is 5.02 Å². The summed E-state index contributed by atoms with van der Waals surface area (Å²) in [6.07, 6.45) is 3.63. The fourth-order valence-corrected chi connectivity index (χ4v) is 8.33. The molecule has 3 aromatic carbocycles. The number of benzene rings is 3. The van der Waals surface area contributed by atoms with E-state index >= 15 is 0 Å². The van der Waals surface area contributed by atoms with Crippen LogP contribution in [0, 0.1) is 0 Å². The number of aromatic amines is 1. The number of urea groups is 1. The van der Waals surface area contributed by atoms with Crippen molar-refractivity contribution in [2.75, 3.05) is 53.0 Å². The molecule has 17 heteroatoms. The van der Waals surface area contributed by atoms with Gasteiger partial charge in [0.1, 0.15) is 17.1 Å². The lowest BCUT2D eigenvalue weighted by Crippen LogP contribution is -2.57. The molecule has 5 amide bonds. The van der Waals surface area contributed by atoms with E-state index in [1.807, 2.05) is 60.8 Å². The molecule has 1 saturated heterocycles. The normalized spacial score (nSPS) is 14.0. The number of primary amides is 1. The topological polar surface area (TPSA) is 227 Å². The van der Waals surface area contributed by atoms with Gasteiger partial charge in [-0.15, -0.1) is 0 Å². The Morgan fingerprint density at radius 1 is 0.983 bits per heavy atom. The number of nitrogens with zero attached hydrogens (tertiary/aromatic N) is 3. The van der Waals surface area contributed by atoms with E-state index in [0.29, 0.717) is 45.8 Å². The number of aromatic nitrogens is 2. The molecule has 0 bridgehead atoms. The molecule has 6 rings (SSSR count). The van der Waals surface area contributed by atoms with Crippen molar-refractivity contribution in [3.63, 3.8) is 0 Å². The van der Waals surface area contributed by atoms with Gasteiger partial charge >= 0.3 is 6.03 Å². The van der Waals surface area contributed by atoms with Crippen molar-refractivity contribution < 1.29 is 23.9 Å². The lowest BCUT2D eigenvalue weighted by atomic mass is 9.97. The summed E-state index contributed by atoms with van der Waals surface area (Å²) in [6, 6.07) is 19.2. The van der Waals surface area contributed by atoms with Crippen LogP contribution >= 0.6 is 23.4 Å². The summed E-state index contributed by atoms with van der Waals surface area (Å²) < 4.78 is 5.42. The summed E-state index contributed by atoms with van der Waals surface area (Å²) in [5, 5.41) is 10.5. The molecule has 1 aliphatic heterocycles. The number of halogens is 1. The molecule has 0 saturated carbocycles. The van der Waals surface area contributed by atoms with E-state index in [1.165, 1.54) is 23.7 Å². The third-order valence-corrected chi connectivity index (χ3v) is 11.9. The standard InChI is InChI=1S/C42H49ClN10O5S/c1-52(41(56)35(23-45)51-42(46)57)36(21-29-24-49-34-7-3-2-6-31(29)34)39(55)50-25-32-30(12-13-33(43)37(32)59-40-28(22-44)5-4-14-48-40)26-8-10-27(11-9-26)38(54)47-15-16-53-17-19-58-20-18-53/h2-14,24,35-36,49H,15-23,25,44-45H2,1H3,(H,47,54)(H,50,55)(H3,46,51,57)/t35-,36-/m0/s1. The fraction of sp³-hybridized carbons (Fsp3) is 0.310. The summed E-state index contributed by atoms with van der Waals surface area (Å²) in [6.45, 7) is 4.32. The van der Waals surface area contributed by atoms with Gasteiger partial charge < -0.3 is 47.8 Å². The van der Waals surface area contributed by atoms with Crippen LogP contribution in [0.4, 0.5) is 4.79 Å². The number of carbonyl (C=O) groups excluding carboxylic acids is 4. The zero-order valence-corrected chi connectivity index (χ0v) is 34.3. The maximum Gasteiger partial charge on any atom is 0.312 e. The first-order chi connectivity index (χ1) is 28.6. The highest BCUT2D eigenvalue weighted by molar-refractivity contribution is 7.99. The third kappa shape index (κ3) is 10.8. The monoisotopic (exact) mass is 840 g/mol. The summed E-state index contributed by atoms with van der Waals surface area (Å²) in [5.41, 5.74) is 22.5. The van der Waals surface area contributed by atoms with Crippen LogP contribution < -0.4 is 33.2 Å². The highest BCUT2D eigenvalue weighted by atomic mass is 35.5. The number of morpholine rings is 1. The van der Waals surface area contributed by atoms with E-state index < -0.39 is 29.9 Å². The number of nitrogens with one attached hydrogen (secondary N) is 4. The first kappa shape index (κ1) is 43.1. The number of amides is 5. The molecular formula is C42H49ClN10O5S. The maximum absolute atomic E-state index is 14.5. The van der Waals surface area contributed by atoms with Gasteiger partial charge in [0.2, 0.25) is 11.8 Å². The zero-order chi connectivity index (χ0) is 41.9. The number of pyridine rings is 1. The van der Waals surface area contributed by atoms with Gasteiger partial charge in [-0.05, 0) is 58.1 Å². The van der Waals surface area contributed by atoms with Gasteiger partial charge in [0.15, 0.2) is 0 Å². The van der Waals surface area contributed by atoms with Crippen LogP contribution in [-0.2, 0) is 33.8 Å². The SMILES string of the molecule is CN(C(=O)[C@H](CN)NC(N)=O)[C@@H](Cc1c[nH]c2ccccc12)C(=O)NCc1c(-c2ccc(C(=O)NCCN3CCOCC3)cc2)ccc(Cl)c1Sc1ncccc1CN. The van der Waals surface area contributed by atoms with E-state index in [4.69, 9.17) is 33.5 Å². The number of para-hydroxylation sites is 1. The molecule has 0 spiro atoms. The predicted octanol–water partition coefficient (Wildman–Crippen LogP) is 3.24. The third-order valence-electron chi connectivity index (χ3n) is 10.3. The van der Waals surface area contributed by atoms with E-state index in [2.05, 4.69) is 30.8 Å². The molecule has 59 heavy (non-hydrogen) atoms. The quantitative estimate of drug-likeness (QED) is 0.0724. The predicted molar refractivity (Wildman–Crippen MR) is 229 cm³/mol. The smallest absolute Gasteiger partial charge is 0.312 e. The van der Waals surface area contributed by atoms with Crippen molar-refractivity contribution in [2.24, 2.45) is 17.2 Å². The zero-order valence-electron chi connectivity index (χ0n) is 32.7. The number of hydrogen-bond acceptors (Lipinski definition) is 10. The number of nitrogens with two attached hydrogens (primary N) is 3. The summed E-state index contributed by atoms with van der Waals surface area (Å²) >= 11 is 8.28. The first-order valence-electron chi connectivity index (χ1n) is 19.2. The molecular weight excluding hydrogens is 792 g/mol. The maximum atomic E-state index is 14.5. The molecule has 5 aromatic rings. The van der Waals surface area contributed by atoms with Crippen LogP contribution in [0.1, 0.15) is 27.0 Å². The Kier molecular flexibility index (Phi) is 14.9. The van der Waals surface area contributed by atoms with Gasteiger partial charge in [-0.3, -0.25) is 19.3 Å². The van der Waals surface area contributed by atoms with Crippen LogP contribution in [0.25, 0.3) is 22.0 Å². The largest absolute Gasteiger partial charge is 0.379 e. The van der Waals surface area contributed by atoms with E-state index in [0.717, 1.165) is 52.8 Å². The molecule has 0 unspecified atom stereocenters. The van der Waals surface area contributed by atoms with Gasteiger partial charge in [0.05, 0.1) is 18.2 Å². The number of hydrogen-bond donors (Lipinski definition) is 7. The Hall–Kier alpha value is -5.49. The van der Waals surface area contributed by atoms with Crippen molar-refractivity contribution in [1.82, 2.24) is 35.7 Å². The van der Waals surface area contributed by atoms with Crippen molar-refractivity contribution in [1.29, 1.82) is 0 Å². The lowest BCUT2D eigenvalue weighted by Gasteiger charge is -2.30. The Morgan fingerprint density at radius 3 is 2.47 bits per heavy atom. The van der Waals surface area contributed by atoms with Gasteiger partial charge in [0.25, 0.3) is 5.91 Å². The highest BCUT2D eigenvalue weighted by Gasteiger charge is 2.32. The number of rotatable bonds is 17. The molecule has 1 aliphatic rings. The number of ether oxygens (including phenoxy) is 1. The summed E-state index contributed by atoms with van der Waals surface area (Å²) in [4.78, 5) is 65.1.